The average Bonchev–Trinajstić information content (AvgIpc) is 0.857. The number of aryl methyl sites for hydroxylation is 2. The second kappa shape index (κ2) is 76.6. The standard InChI is InChI=1S/C53H4.C14H21N3O.C12H16N2O.B53/c1-3-5-7-9-11-13-15-17-19-21-23-25-27-29-31-33-35-37-39-41-43-45-47-49-51-53-52-50-48-46-44-42-40-38-36-34-32-30-28-26-24-22-20-18-16-14-12-10-8-6-4-2;1-3-17(14(18)15-2)12-8-7-11-6-4-5-9-16-13(11)10-12;1-2-13-10-7-6-9-4-3-5-12(15)14-11(9)8-10;1-28-42(29(2)3)49(43(30(4)5)31(6)7)52(48(40(24)25)41(26)27)53(50(44(32(8)9)33(10)11)45(34(12)13)35(14)15)51(46(36(16)17)37(18)19)47(38(20)21)39(22)23/h1-2H2;7-8,10,16H,3-6,9H2,1-2H3,(H,15,18);6-8,13H,2-5H2,1H3,(H,14,15);. The van der Waals surface area contributed by atoms with Gasteiger partial charge in [-0.3, -0.25) is 9.69 Å². The molecule has 7 nitrogen and oxygen atoms in total. The summed E-state index contributed by atoms with van der Waals surface area (Å²) in [5.41, 5.74) is 134. The smallest absolute Gasteiger partial charge is 0.321 e. The Bertz CT molecular complexity index is 6420. The van der Waals surface area contributed by atoms with E-state index >= 15 is 0 Å². The van der Waals surface area contributed by atoms with E-state index in [2.05, 4.69) is 358 Å². The van der Waals surface area contributed by atoms with Crippen molar-refractivity contribution < 1.29 is 9.59 Å². The highest BCUT2D eigenvalue weighted by Gasteiger charge is 2.61. The quantitative estimate of drug-likeness (QED) is 0.0484. The molecule has 0 aromatic heterocycles. The van der Waals surface area contributed by atoms with Gasteiger partial charge in [-0.25, -0.2) is 4.79 Å². The summed E-state index contributed by atoms with van der Waals surface area (Å²) in [5.74, 6) is 0.127. The molecule has 0 spiro atoms. The summed E-state index contributed by atoms with van der Waals surface area (Å²) in [5, 5.41) is 12.3. The van der Waals surface area contributed by atoms with Crippen molar-refractivity contribution in [3.8, 4) is 0 Å². The van der Waals surface area contributed by atoms with Crippen molar-refractivity contribution in [2.45, 2.75) is 52.4 Å². The van der Waals surface area contributed by atoms with E-state index in [0.717, 1.165) is 49.4 Å². The Hall–Kier alpha value is -11.3. The number of anilines is 4. The molecule has 3 amide bonds. The van der Waals surface area contributed by atoms with Gasteiger partial charge in [-0.2, -0.15) is 0 Å². The molecule has 2 aliphatic heterocycles. The molecule has 139 heavy (non-hydrogen) atoms. The van der Waals surface area contributed by atoms with Gasteiger partial charge in [0.05, 0.1) is 0 Å². The third-order valence-corrected chi connectivity index (χ3v) is 20.0. The molecule has 2 aromatic rings. The van der Waals surface area contributed by atoms with Gasteiger partial charge < -0.3 is 21.3 Å². The molecule has 0 atom stereocenters. The van der Waals surface area contributed by atoms with Gasteiger partial charge in [0.15, 0.2) is 0 Å². The van der Waals surface area contributed by atoms with Gasteiger partial charge in [0, 0.05) is 621 Å². The van der Waals surface area contributed by atoms with Crippen LogP contribution in [0.2, 0.25) is 0 Å². The van der Waals surface area contributed by atoms with Crippen LogP contribution in [0, 0.1) is 0 Å². The number of hydrogen-bond donors (Lipinski definition) is 4. The van der Waals surface area contributed by atoms with Crippen molar-refractivity contribution in [3.05, 3.63) is 353 Å². The minimum atomic E-state index is -1.40. The van der Waals surface area contributed by atoms with Crippen LogP contribution in [0.15, 0.2) is 342 Å². The Balaban J connectivity index is 0.00000104. The van der Waals surface area contributed by atoms with Crippen molar-refractivity contribution in [1.29, 1.82) is 0 Å². The van der Waals surface area contributed by atoms with E-state index in [1.807, 2.05) is 19.1 Å². The summed E-state index contributed by atoms with van der Waals surface area (Å²) in [6.07, 6.45) is -26.5. The van der Waals surface area contributed by atoms with Gasteiger partial charge in [0.1, 0.15) is 0 Å². The second-order valence-electron chi connectivity index (χ2n) is 29.4. The number of nitrogens with one attached hydrogen (secondary N) is 4. The number of rotatable bonds is 29. The van der Waals surface area contributed by atoms with Crippen LogP contribution in [0.4, 0.5) is 27.5 Å². The van der Waals surface area contributed by atoms with Crippen LogP contribution in [-0.2, 0) is 17.6 Å². The largest absolute Gasteiger partial charge is 0.385 e. The van der Waals surface area contributed by atoms with E-state index in [0.29, 0.717) is 13.0 Å². The topological polar surface area (TPSA) is 85.5 Å². The molecule has 553 valence electrons. The summed E-state index contributed by atoms with van der Waals surface area (Å²) >= 11 is 0. The number of nitrogens with zero attached hydrogens (tertiary/aromatic N) is 1. The maximum absolute atomic E-state index is 11.8. The molecule has 2 heterocycles. The van der Waals surface area contributed by atoms with E-state index in [-0.39, 0.29) is 11.9 Å². The highest BCUT2D eigenvalue weighted by Crippen LogP contribution is 2.29. The number of hydrogen-bond acceptors (Lipinski definition) is 4. The predicted molar refractivity (Wildman–Crippen MR) is 633 cm³/mol. The molecule has 0 bridgehead atoms. The molecule has 0 fully saturated rings. The van der Waals surface area contributed by atoms with Crippen LogP contribution in [-0.4, -0.2) is 414 Å². The molecular formula is C79H41B53N5O2. The lowest BCUT2D eigenvalue weighted by Gasteiger charge is -2.57. The van der Waals surface area contributed by atoms with Gasteiger partial charge >= 0.3 is 6.03 Å². The van der Waals surface area contributed by atoms with Crippen LogP contribution in [0.3, 0.4) is 0 Å². The summed E-state index contributed by atoms with van der Waals surface area (Å²) in [7, 11) is 178. The monoisotopic (exact) mass is 1670 g/mol. The molecule has 4 rings (SSSR count). The van der Waals surface area contributed by atoms with Crippen molar-refractivity contribution in [2.75, 3.05) is 47.5 Å². The zero-order valence-corrected chi connectivity index (χ0v) is 77.6. The molecule has 55 radical (unpaired) electrons. The Kier molecular flexibility index (Phi) is 69.3. The van der Waals surface area contributed by atoms with Crippen molar-refractivity contribution in [3.63, 3.8) is 0 Å². The van der Waals surface area contributed by atoms with Gasteiger partial charge in [-0.05, 0) is 186 Å². The number of fused-ring (bicyclic) bond motifs is 2. The predicted octanol–water partition coefficient (Wildman–Crippen LogP) is -6.48. The van der Waals surface area contributed by atoms with E-state index < -0.39 is 160 Å². The normalized spacial score (nSPS) is 8.64. The average molecular weight is 1670 g/mol. The molecule has 2 aliphatic rings. The molecular weight excluding hydrogens is 1620 g/mol. The number of urea groups is 1. The van der Waals surface area contributed by atoms with Gasteiger partial charge in [-0.1, -0.05) is 23.6 Å². The zero-order chi connectivity index (χ0) is 104. The van der Waals surface area contributed by atoms with Gasteiger partial charge in [0.25, 0.3) is 0 Å². The summed E-state index contributed by atoms with van der Waals surface area (Å²) in [4.78, 5) is 24.9. The zero-order valence-electron chi connectivity index (χ0n) is 77.6. The SMILES string of the molecule is C=C=C=C=C=C=C=C=C=C=C=C=C=C=C=C=C=C=C=C=C=C=C=C=C=C=C=C=C=C=C=C=C=C=C=C=C=C=C=C=C=C=C=C=C=C=C=C=C=C=C=C=C.CCN(C(=O)NC)c1ccc2c(c1)NCCCC2.CCNc1ccc2c(c1)NC(=O)CCC2.[B][B]B(B([B])[B])B(B(B([B])[B])B([B])[B])B(B(B([B])[B])B([B])[B])B(B(B(B([B])[B])B([B])[B])B(B([B])[B])B([B])[B])B(B(B([B])[B])B([B])[B])B(B([B])[B])B([B])[B]. The fourth-order valence-corrected chi connectivity index (χ4v) is 14.8. The van der Waals surface area contributed by atoms with Crippen LogP contribution < -0.4 is 26.2 Å². The summed E-state index contributed by atoms with van der Waals surface area (Å²) < 4.78 is 0. The molecule has 2 aromatic carbocycles. The fraction of sp³-hybridized carbons (Fsp3) is 0.152. The summed E-state index contributed by atoms with van der Waals surface area (Å²) in [6.45, 7) is 13.2. The van der Waals surface area contributed by atoms with Crippen LogP contribution in [0.1, 0.15) is 50.7 Å². The molecule has 60 heteroatoms. The second-order valence-corrected chi connectivity index (χ2v) is 29.4. The Morgan fingerprint density at radius 3 is 0.835 bits per heavy atom. The molecule has 0 saturated carbocycles. The third-order valence-electron chi connectivity index (χ3n) is 20.0. The van der Waals surface area contributed by atoms with Crippen molar-refractivity contribution >= 4 is 410 Å². The van der Waals surface area contributed by atoms with Crippen LogP contribution in [0.25, 0.3) is 0 Å². The number of carbonyl (C=O) groups is 2. The van der Waals surface area contributed by atoms with Crippen LogP contribution in [0.5, 0.6) is 0 Å². The third kappa shape index (κ3) is 51.5. The Morgan fingerprint density at radius 2 is 0.583 bits per heavy atom. The number of carbonyl (C=O) groups excluding carboxylic acids is 2. The summed E-state index contributed by atoms with van der Waals surface area (Å²) in [6, 6.07) is 12.4. The van der Waals surface area contributed by atoms with E-state index in [1.165, 1.54) is 36.7 Å². The molecule has 0 aliphatic carbocycles. The first kappa shape index (κ1) is 126. The molecule has 0 saturated heterocycles. The Labute approximate surface area is 870 Å². The van der Waals surface area contributed by atoms with Crippen molar-refractivity contribution in [1.82, 2.24) is 5.32 Å². The number of amides is 3. The number of benzene rings is 2. The lowest BCUT2D eigenvalue weighted by molar-refractivity contribution is -0.116. The lowest BCUT2D eigenvalue weighted by atomic mass is 8.24. The molecule has 4 N–H and O–H groups in total. The first-order valence-electron chi connectivity index (χ1n) is 42.6. The van der Waals surface area contributed by atoms with E-state index in [4.69, 9.17) is 209 Å². The Morgan fingerprint density at radius 1 is 0.331 bits per heavy atom. The van der Waals surface area contributed by atoms with E-state index in [9.17, 15) is 9.59 Å². The molecule has 0 unspecified atom stereocenters. The fourth-order valence-electron chi connectivity index (χ4n) is 14.8. The minimum absolute atomic E-state index is 0.0638. The minimum Gasteiger partial charge on any atom is -0.385 e. The first-order chi connectivity index (χ1) is 66.6. The lowest BCUT2D eigenvalue weighted by Crippen LogP contribution is -2.95. The van der Waals surface area contributed by atoms with Crippen molar-refractivity contribution in [2.24, 2.45) is 0 Å². The maximum atomic E-state index is 11.8. The first-order valence-corrected chi connectivity index (χ1v) is 42.6. The highest BCUT2D eigenvalue weighted by atomic mass is 16.2. The van der Waals surface area contributed by atoms with Gasteiger partial charge in [-0.15, -0.1) is 0 Å². The van der Waals surface area contributed by atoms with Crippen LogP contribution >= 0.6 is 0 Å². The highest BCUT2D eigenvalue weighted by molar-refractivity contribution is 8.36. The maximum Gasteiger partial charge on any atom is 0.321 e. The van der Waals surface area contributed by atoms with E-state index in [1.54, 1.807) is 11.9 Å². The van der Waals surface area contributed by atoms with Gasteiger partial charge in [0.2, 0.25) is 5.91 Å².